The summed E-state index contributed by atoms with van der Waals surface area (Å²) < 4.78 is 9.20. The number of carbonyl (C=O) groups excluding carboxylic acids is 1. The van der Waals surface area contributed by atoms with Gasteiger partial charge in [-0.2, -0.15) is 0 Å². The van der Waals surface area contributed by atoms with Crippen LogP contribution in [0.5, 0.6) is 0 Å². The zero-order chi connectivity index (χ0) is 11.8. The third kappa shape index (κ3) is 4.00. The number of aliphatic hydroxyl groups excluding tert-OH is 2. The standard InChI is InChI=1S/C8H15NO6/c1-14-4-5(11)7(9-13)8(12)6(3-10)15-2/h6-8,10,12H,3-4H2,1-2H3. The molecule has 0 aromatic rings. The van der Waals surface area contributed by atoms with Gasteiger partial charge in [0, 0.05) is 14.2 Å². The number of hydrogen-bond donors (Lipinski definition) is 2. The van der Waals surface area contributed by atoms with Crippen molar-refractivity contribution in [3.05, 3.63) is 4.91 Å². The van der Waals surface area contributed by atoms with Gasteiger partial charge in [-0.15, -0.1) is 4.91 Å². The van der Waals surface area contributed by atoms with Crippen molar-refractivity contribution in [2.75, 3.05) is 27.4 Å². The van der Waals surface area contributed by atoms with E-state index < -0.39 is 30.6 Å². The van der Waals surface area contributed by atoms with Crippen LogP contribution in [0.4, 0.5) is 0 Å². The Morgan fingerprint density at radius 3 is 2.40 bits per heavy atom. The van der Waals surface area contributed by atoms with E-state index in [2.05, 4.69) is 14.7 Å². The number of ether oxygens (including phenoxy) is 2. The van der Waals surface area contributed by atoms with Crippen LogP contribution in [-0.4, -0.2) is 61.7 Å². The van der Waals surface area contributed by atoms with Crippen molar-refractivity contribution in [2.45, 2.75) is 18.2 Å². The SMILES string of the molecule is COCC(=O)C(N=O)C(O)C(CO)OC. The first-order valence-electron chi connectivity index (χ1n) is 4.28. The largest absolute Gasteiger partial charge is 0.394 e. The van der Waals surface area contributed by atoms with Crippen LogP contribution in [0.3, 0.4) is 0 Å². The Morgan fingerprint density at radius 2 is 2.07 bits per heavy atom. The van der Waals surface area contributed by atoms with E-state index in [1.165, 1.54) is 14.2 Å². The highest BCUT2D eigenvalue weighted by atomic mass is 16.5. The molecule has 0 spiro atoms. The lowest BCUT2D eigenvalue weighted by Gasteiger charge is -2.22. The molecule has 15 heavy (non-hydrogen) atoms. The molecule has 0 heterocycles. The number of methoxy groups -OCH3 is 2. The predicted octanol–water partition coefficient (Wildman–Crippen LogP) is -1.29. The molecule has 0 fully saturated rings. The van der Waals surface area contributed by atoms with Crippen LogP contribution >= 0.6 is 0 Å². The summed E-state index contributed by atoms with van der Waals surface area (Å²) in [6, 6.07) is -1.48. The first kappa shape index (κ1) is 14.1. The summed E-state index contributed by atoms with van der Waals surface area (Å²) in [7, 11) is 2.53. The average molecular weight is 221 g/mol. The normalized spacial score (nSPS) is 16.8. The van der Waals surface area contributed by atoms with Crippen LogP contribution in [-0.2, 0) is 14.3 Å². The maximum Gasteiger partial charge on any atom is 0.189 e. The molecule has 7 nitrogen and oxygen atoms in total. The van der Waals surface area contributed by atoms with Gasteiger partial charge < -0.3 is 19.7 Å². The Hall–Kier alpha value is -0.890. The monoisotopic (exact) mass is 221 g/mol. The average Bonchev–Trinajstić information content (AvgIpc) is 2.21. The number of aliphatic hydroxyl groups is 2. The minimum Gasteiger partial charge on any atom is -0.394 e. The molecule has 0 amide bonds. The summed E-state index contributed by atoms with van der Waals surface area (Å²) in [4.78, 5) is 21.6. The molecule has 0 aromatic heterocycles. The summed E-state index contributed by atoms with van der Waals surface area (Å²) >= 11 is 0. The number of ketones is 1. The molecule has 3 unspecified atom stereocenters. The third-order valence-electron chi connectivity index (χ3n) is 1.92. The van der Waals surface area contributed by atoms with E-state index in [4.69, 9.17) is 5.11 Å². The number of nitroso groups, excluding NO2 is 1. The van der Waals surface area contributed by atoms with Crippen LogP contribution in [0, 0.1) is 4.91 Å². The van der Waals surface area contributed by atoms with Gasteiger partial charge in [0.05, 0.1) is 6.61 Å². The molecule has 0 aliphatic rings. The summed E-state index contributed by atoms with van der Waals surface area (Å²) in [5.74, 6) is -0.657. The van der Waals surface area contributed by atoms with E-state index >= 15 is 0 Å². The second kappa shape index (κ2) is 7.41. The van der Waals surface area contributed by atoms with Crippen molar-refractivity contribution < 1.29 is 24.5 Å². The fraction of sp³-hybridized carbons (Fsp3) is 0.875. The number of carbonyl (C=O) groups is 1. The van der Waals surface area contributed by atoms with Gasteiger partial charge in [-0.1, -0.05) is 5.18 Å². The first-order chi connectivity index (χ1) is 7.12. The van der Waals surface area contributed by atoms with E-state index in [0.717, 1.165) is 0 Å². The Kier molecular flexibility index (Phi) is 6.97. The summed E-state index contributed by atoms with van der Waals surface area (Å²) in [5.41, 5.74) is 0. The Morgan fingerprint density at radius 1 is 1.47 bits per heavy atom. The van der Waals surface area contributed by atoms with E-state index in [-0.39, 0.29) is 6.61 Å². The van der Waals surface area contributed by atoms with Gasteiger partial charge in [-0.25, -0.2) is 0 Å². The Labute approximate surface area is 87.0 Å². The van der Waals surface area contributed by atoms with Gasteiger partial charge >= 0.3 is 0 Å². The smallest absolute Gasteiger partial charge is 0.189 e. The Balaban J connectivity index is 4.50. The predicted molar refractivity (Wildman–Crippen MR) is 50.4 cm³/mol. The zero-order valence-corrected chi connectivity index (χ0v) is 8.62. The van der Waals surface area contributed by atoms with E-state index in [1.807, 2.05) is 0 Å². The van der Waals surface area contributed by atoms with Crippen LogP contribution < -0.4 is 0 Å². The van der Waals surface area contributed by atoms with E-state index in [0.29, 0.717) is 0 Å². The quantitative estimate of drug-likeness (QED) is 0.494. The lowest BCUT2D eigenvalue weighted by atomic mass is 10.0. The van der Waals surface area contributed by atoms with Gasteiger partial charge in [-0.3, -0.25) is 4.79 Å². The summed E-state index contributed by atoms with van der Waals surface area (Å²) in [6.45, 7) is -0.834. The second-order valence-corrected chi connectivity index (χ2v) is 2.90. The van der Waals surface area contributed by atoms with Crippen molar-refractivity contribution in [1.82, 2.24) is 0 Å². The lowest BCUT2D eigenvalue weighted by molar-refractivity contribution is -0.130. The van der Waals surface area contributed by atoms with Gasteiger partial charge in [-0.05, 0) is 0 Å². The van der Waals surface area contributed by atoms with E-state index in [9.17, 15) is 14.8 Å². The molecule has 0 saturated carbocycles. The molecule has 0 rings (SSSR count). The second-order valence-electron chi connectivity index (χ2n) is 2.90. The molecule has 0 aromatic carbocycles. The van der Waals surface area contributed by atoms with Crippen molar-refractivity contribution in [3.8, 4) is 0 Å². The fourth-order valence-corrected chi connectivity index (χ4v) is 1.06. The zero-order valence-electron chi connectivity index (χ0n) is 8.62. The topological polar surface area (TPSA) is 105 Å². The number of Topliss-reactive ketones (excluding diaryl/α,β-unsaturated/α-hetero) is 1. The van der Waals surface area contributed by atoms with Gasteiger partial charge in [0.25, 0.3) is 0 Å². The third-order valence-corrected chi connectivity index (χ3v) is 1.92. The van der Waals surface area contributed by atoms with Crippen LogP contribution in [0.15, 0.2) is 5.18 Å². The van der Waals surface area contributed by atoms with Crippen molar-refractivity contribution in [3.63, 3.8) is 0 Å². The molecule has 3 atom stereocenters. The molecular weight excluding hydrogens is 206 g/mol. The van der Waals surface area contributed by atoms with Gasteiger partial charge in [0.1, 0.15) is 18.8 Å². The minimum atomic E-state index is -1.48. The highest BCUT2D eigenvalue weighted by molar-refractivity contribution is 5.86. The maximum absolute atomic E-state index is 11.2. The van der Waals surface area contributed by atoms with Crippen molar-refractivity contribution in [2.24, 2.45) is 5.18 Å². The highest BCUT2D eigenvalue weighted by Gasteiger charge is 2.33. The summed E-state index contributed by atoms with van der Waals surface area (Å²) in [6.07, 6.45) is -2.49. The fourth-order valence-electron chi connectivity index (χ4n) is 1.06. The van der Waals surface area contributed by atoms with Crippen LogP contribution in [0.1, 0.15) is 0 Å². The highest BCUT2D eigenvalue weighted by Crippen LogP contribution is 2.08. The molecule has 88 valence electrons. The first-order valence-corrected chi connectivity index (χ1v) is 4.28. The molecule has 2 N–H and O–H groups in total. The molecule has 0 radical (unpaired) electrons. The number of hydrogen-bond acceptors (Lipinski definition) is 7. The Bertz CT molecular complexity index is 205. The van der Waals surface area contributed by atoms with Gasteiger partial charge in [0.15, 0.2) is 11.8 Å². The molecule has 0 aliphatic carbocycles. The number of rotatable bonds is 8. The van der Waals surface area contributed by atoms with Gasteiger partial charge in [0.2, 0.25) is 0 Å². The number of nitrogens with zero attached hydrogens (tertiary/aromatic N) is 1. The molecule has 7 heteroatoms. The van der Waals surface area contributed by atoms with Crippen molar-refractivity contribution >= 4 is 5.78 Å². The van der Waals surface area contributed by atoms with E-state index in [1.54, 1.807) is 0 Å². The van der Waals surface area contributed by atoms with Crippen LogP contribution in [0.2, 0.25) is 0 Å². The molecule has 0 bridgehead atoms. The molecule has 0 aliphatic heterocycles. The molecule has 0 saturated heterocycles. The van der Waals surface area contributed by atoms with Crippen LogP contribution in [0.25, 0.3) is 0 Å². The summed E-state index contributed by atoms with van der Waals surface area (Å²) in [5, 5.41) is 20.8. The maximum atomic E-state index is 11.2. The molecular formula is C8H15NO6. The lowest BCUT2D eigenvalue weighted by Crippen LogP contribution is -2.44. The minimum absolute atomic E-state index is 0.324. The van der Waals surface area contributed by atoms with Crippen molar-refractivity contribution in [1.29, 1.82) is 0 Å².